The number of aryl methyl sites for hydroxylation is 1. The smallest absolute Gasteiger partial charge is 0.311 e. The van der Waals surface area contributed by atoms with Crippen LogP contribution in [0.15, 0.2) is 47.4 Å². The van der Waals surface area contributed by atoms with Gasteiger partial charge in [0, 0.05) is 19.3 Å². The first-order valence-electron chi connectivity index (χ1n) is 8.57. The van der Waals surface area contributed by atoms with Gasteiger partial charge in [-0.05, 0) is 48.9 Å². The monoisotopic (exact) mass is 374 g/mol. The number of nitro benzene ring substituents is 1. The fourth-order valence-electron chi connectivity index (χ4n) is 3.72. The lowest BCUT2D eigenvalue weighted by atomic mass is 9.87. The van der Waals surface area contributed by atoms with Crippen molar-refractivity contribution in [1.29, 1.82) is 0 Å². The number of hydrogen-bond donors (Lipinski definition) is 0. The number of sulfone groups is 1. The lowest BCUT2D eigenvalue weighted by Crippen LogP contribution is -2.33. The van der Waals surface area contributed by atoms with Gasteiger partial charge in [0.1, 0.15) is 10.6 Å². The van der Waals surface area contributed by atoms with Crippen molar-refractivity contribution in [3.63, 3.8) is 0 Å². The van der Waals surface area contributed by atoms with Crippen LogP contribution in [0.2, 0.25) is 0 Å². The van der Waals surface area contributed by atoms with Crippen LogP contribution in [0.1, 0.15) is 29.9 Å². The predicted molar refractivity (Wildman–Crippen MR) is 102 cm³/mol. The molecule has 1 aliphatic rings. The summed E-state index contributed by atoms with van der Waals surface area (Å²) in [4.78, 5) is 12.7. The fraction of sp³-hybridized carbons (Fsp3) is 0.368. The van der Waals surface area contributed by atoms with Crippen molar-refractivity contribution in [3.8, 4) is 0 Å². The Balaban J connectivity index is 1.88. The zero-order valence-electron chi connectivity index (χ0n) is 14.9. The highest BCUT2D eigenvalue weighted by atomic mass is 32.2. The number of nitrogens with zero attached hydrogens (tertiary/aromatic N) is 2. The third-order valence-electron chi connectivity index (χ3n) is 5.02. The molecule has 7 heteroatoms. The molecule has 0 bridgehead atoms. The zero-order chi connectivity index (χ0) is 18.9. The lowest BCUT2D eigenvalue weighted by Gasteiger charge is -2.34. The van der Waals surface area contributed by atoms with Crippen LogP contribution in [-0.2, 0) is 9.84 Å². The highest BCUT2D eigenvalue weighted by Crippen LogP contribution is 2.38. The molecule has 0 amide bonds. The molecule has 0 unspecified atom stereocenters. The number of para-hydroxylation sites is 1. The number of hydrogen-bond acceptors (Lipinski definition) is 5. The molecule has 0 aromatic heterocycles. The van der Waals surface area contributed by atoms with Crippen molar-refractivity contribution in [2.24, 2.45) is 0 Å². The molecule has 1 fully saturated rings. The summed E-state index contributed by atoms with van der Waals surface area (Å²) in [6, 6.07) is 12.8. The van der Waals surface area contributed by atoms with E-state index in [1.54, 1.807) is 12.1 Å². The molecule has 6 nitrogen and oxygen atoms in total. The molecular formula is C19H22N2O4S. The second kappa shape index (κ2) is 7.07. The van der Waals surface area contributed by atoms with Gasteiger partial charge in [-0.1, -0.05) is 30.3 Å². The van der Waals surface area contributed by atoms with E-state index in [2.05, 4.69) is 19.1 Å². The van der Waals surface area contributed by atoms with Crippen molar-refractivity contribution >= 4 is 21.2 Å². The van der Waals surface area contributed by atoms with Crippen LogP contribution >= 0.6 is 0 Å². The molecule has 0 spiro atoms. The van der Waals surface area contributed by atoms with Crippen LogP contribution in [0, 0.1) is 17.0 Å². The predicted octanol–water partition coefficient (Wildman–Crippen LogP) is 3.69. The van der Waals surface area contributed by atoms with Crippen molar-refractivity contribution in [2.75, 3.05) is 24.2 Å². The molecule has 26 heavy (non-hydrogen) atoms. The Labute approximate surface area is 153 Å². The molecule has 0 N–H and O–H groups in total. The Hall–Kier alpha value is -2.41. The first-order valence-corrected chi connectivity index (χ1v) is 10.5. The van der Waals surface area contributed by atoms with Crippen molar-refractivity contribution in [1.82, 2.24) is 0 Å². The number of nitro groups is 1. The Kier molecular flexibility index (Phi) is 5.00. The Morgan fingerprint density at radius 1 is 1.08 bits per heavy atom. The quantitative estimate of drug-likeness (QED) is 0.602. The van der Waals surface area contributed by atoms with Gasteiger partial charge in [0.05, 0.1) is 4.92 Å². The zero-order valence-corrected chi connectivity index (χ0v) is 15.7. The minimum atomic E-state index is -3.67. The molecule has 1 saturated heterocycles. The summed E-state index contributed by atoms with van der Waals surface area (Å²) < 4.78 is 23.9. The van der Waals surface area contributed by atoms with E-state index in [4.69, 9.17) is 0 Å². The third kappa shape index (κ3) is 3.58. The van der Waals surface area contributed by atoms with Gasteiger partial charge in [-0.3, -0.25) is 10.1 Å². The van der Waals surface area contributed by atoms with Gasteiger partial charge in [0.15, 0.2) is 9.84 Å². The van der Waals surface area contributed by atoms with Gasteiger partial charge in [0.2, 0.25) is 0 Å². The van der Waals surface area contributed by atoms with Gasteiger partial charge in [-0.25, -0.2) is 8.42 Å². The first kappa shape index (κ1) is 18.4. The number of piperidine rings is 1. The van der Waals surface area contributed by atoms with Crippen LogP contribution in [-0.4, -0.2) is 32.7 Å². The fourth-order valence-corrected chi connectivity index (χ4v) is 4.58. The lowest BCUT2D eigenvalue weighted by molar-refractivity contribution is -0.387. The van der Waals surface area contributed by atoms with Gasteiger partial charge >= 0.3 is 5.69 Å². The molecule has 0 aliphatic carbocycles. The van der Waals surface area contributed by atoms with Gasteiger partial charge < -0.3 is 4.90 Å². The number of benzene rings is 2. The van der Waals surface area contributed by atoms with Crippen molar-refractivity contribution < 1.29 is 13.3 Å². The van der Waals surface area contributed by atoms with Gasteiger partial charge in [0.25, 0.3) is 0 Å². The summed E-state index contributed by atoms with van der Waals surface area (Å²) in [5.74, 6) is 0.421. The normalized spacial score (nSPS) is 15.8. The van der Waals surface area contributed by atoms with Gasteiger partial charge in [-0.15, -0.1) is 0 Å². The average Bonchev–Trinajstić information content (AvgIpc) is 2.61. The van der Waals surface area contributed by atoms with Crippen LogP contribution in [0.25, 0.3) is 0 Å². The summed E-state index contributed by atoms with van der Waals surface area (Å²) in [5.41, 5.74) is 2.66. The Morgan fingerprint density at radius 3 is 2.31 bits per heavy atom. The van der Waals surface area contributed by atoms with Crippen molar-refractivity contribution in [2.45, 2.75) is 30.6 Å². The van der Waals surface area contributed by atoms with Crippen molar-refractivity contribution in [3.05, 3.63) is 63.7 Å². The van der Waals surface area contributed by atoms with E-state index in [1.807, 2.05) is 17.0 Å². The van der Waals surface area contributed by atoms with E-state index in [1.165, 1.54) is 17.2 Å². The molecule has 2 aromatic carbocycles. The van der Waals surface area contributed by atoms with E-state index < -0.39 is 14.8 Å². The molecule has 2 aromatic rings. The molecule has 1 aliphatic heterocycles. The maximum atomic E-state index is 11.9. The molecule has 0 saturated carbocycles. The maximum Gasteiger partial charge on any atom is 0.311 e. The average molecular weight is 374 g/mol. The largest absolute Gasteiger partial charge is 0.366 e. The van der Waals surface area contributed by atoms with Gasteiger partial charge in [-0.2, -0.15) is 0 Å². The van der Waals surface area contributed by atoms with E-state index in [-0.39, 0.29) is 10.6 Å². The van der Waals surface area contributed by atoms with Crippen LogP contribution in [0.3, 0.4) is 0 Å². The van der Waals surface area contributed by atoms with E-state index >= 15 is 0 Å². The highest BCUT2D eigenvalue weighted by molar-refractivity contribution is 7.90. The Bertz CT molecular complexity index is 932. The molecule has 0 radical (unpaired) electrons. The summed E-state index contributed by atoms with van der Waals surface area (Å²) in [6.45, 7) is 3.42. The second-order valence-corrected chi connectivity index (χ2v) is 8.76. The molecule has 3 rings (SSSR count). The molecule has 138 valence electrons. The van der Waals surface area contributed by atoms with E-state index in [0.29, 0.717) is 24.7 Å². The summed E-state index contributed by atoms with van der Waals surface area (Å²) in [7, 11) is -3.67. The molecule has 1 heterocycles. The third-order valence-corrected chi connectivity index (χ3v) is 6.15. The first-order chi connectivity index (χ1) is 12.3. The highest BCUT2D eigenvalue weighted by Gasteiger charge is 2.31. The van der Waals surface area contributed by atoms with Crippen LogP contribution in [0.4, 0.5) is 11.4 Å². The summed E-state index contributed by atoms with van der Waals surface area (Å²) in [6.07, 6.45) is 2.76. The minimum Gasteiger partial charge on any atom is -0.366 e. The standard InChI is InChI=1S/C19H22N2O4S/c1-14-6-3-4-7-16(14)15-10-12-20(13-11-15)17-8-5-9-18(26(2,24)25)19(17)21(22)23/h3-9,15H,10-13H2,1-2H3. The summed E-state index contributed by atoms with van der Waals surface area (Å²) >= 11 is 0. The maximum absolute atomic E-state index is 11.9. The number of rotatable bonds is 4. The SMILES string of the molecule is Cc1ccccc1C1CCN(c2cccc(S(C)(=O)=O)c2[N+](=O)[O-])CC1. The minimum absolute atomic E-state index is 0.221. The van der Waals surface area contributed by atoms with Crippen LogP contribution in [0.5, 0.6) is 0 Å². The topological polar surface area (TPSA) is 80.5 Å². The van der Waals surface area contributed by atoms with Crippen LogP contribution < -0.4 is 4.90 Å². The summed E-state index contributed by atoms with van der Waals surface area (Å²) in [5, 5.41) is 11.6. The molecule has 0 atom stereocenters. The van der Waals surface area contributed by atoms with E-state index in [0.717, 1.165) is 19.1 Å². The number of anilines is 1. The molecular weight excluding hydrogens is 352 g/mol. The Morgan fingerprint density at radius 2 is 1.73 bits per heavy atom. The van der Waals surface area contributed by atoms with E-state index in [9.17, 15) is 18.5 Å². The second-order valence-electron chi connectivity index (χ2n) is 6.77.